The number of primary amides is 1. The molecule has 0 heterocycles. The maximum absolute atomic E-state index is 10.6. The predicted octanol–water partition coefficient (Wildman–Crippen LogP) is 19.6. The van der Waals surface area contributed by atoms with Crippen LogP contribution in [-0.2, 0) is 41.6 Å². The van der Waals surface area contributed by atoms with Crippen molar-refractivity contribution in [3.63, 3.8) is 0 Å². The molecule has 0 saturated heterocycles. The van der Waals surface area contributed by atoms with Crippen LogP contribution in [-0.4, -0.2) is 74.6 Å². The normalized spacial score (nSPS) is 16.0. The number of hydrogen-bond donors (Lipinski definition) is 3. The topological polar surface area (TPSA) is 139 Å². The van der Waals surface area contributed by atoms with Crippen LogP contribution in [0.15, 0.2) is 121 Å². The van der Waals surface area contributed by atoms with E-state index in [0.717, 1.165) is 183 Å². The highest BCUT2D eigenvalue weighted by atomic mass is 16.5. The van der Waals surface area contributed by atoms with Gasteiger partial charge in [-0.1, -0.05) is 159 Å². The van der Waals surface area contributed by atoms with Crippen molar-refractivity contribution in [2.75, 3.05) is 46.8 Å². The molecule has 3 aliphatic rings. The largest absolute Gasteiger partial charge is 0.494 e. The molecular weight excluding hydrogens is 1120 g/mol. The molecule has 5 aromatic rings. The SMILES string of the molecule is CCCOc1cccc(CCC2(O)CCC2)c1.CCCOc1cccc(CCC2CCCCC2O)c1.CCCOc1cccc(CCC2CCCCCCC2)c1.CCCOc1cccc(CCCCC(N)=O)c1.CCCOc1cccc(CCCCCOC)c1. The van der Waals surface area contributed by atoms with Crippen molar-refractivity contribution in [3.8, 4) is 28.7 Å². The Labute approximate surface area is 547 Å². The summed E-state index contributed by atoms with van der Waals surface area (Å²) < 4.78 is 33.2. The quantitative estimate of drug-likeness (QED) is 0.0338. The fraction of sp³-hybridized carbons (Fsp3) is 0.613. The highest BCUT2D eigenvalue weighted by Crippen LogP contribution is 2.36. The molecule has 3 saturated carbocycles. The second-order valence-corrected chi connectivity index (χ2v) is 25.4. The number of aliphatic hydroxyl groups excluding tert-OH is 1. The first-order chi connectivity index (χ1) is 44.0. The summed E-state index contributed by atoms with van der Waals surface area (Å²) in [7, 11) is 1.76. The number of ether oxygens (including phenoxy) is 6. The third-order valence-electron chi connectivity index (χ3n) is 17.2. The van der Waals surface area contributed by atoms with E-state index in [1.807, 2.05) is 36.4 Å². The Balaban J connectivity index is 0.000000241. The summed E-state index contributed by atoms with van der Waals surface area (Å²) in [5.41, 5.74) is 11.4. The van der Waals surface area contributed by atoms with Crippen molar-refractivity contribution in [2.45, 2.75) is 258 Å². The first kappa shape index (κ1) is 76.9. The second-order valence-electron chi connectivity index (χ2n) is 25.4. The molecule has 0 aromatic heterocycles. The third kappa shape index (κ3) is 35.9. The highest BCUT2D eigenvalue weighted by Gasteiger charge is 2.33. The number of rotatable bonds is 35. The molecule has 3 aliphatic carbocycles. The lowest BCUT2D eigenvalue weighted by Crippen LogP contribution is -2.36. The number of unbranched alkanes of at least 4 members (excludes halogenated alkanes) is 3. The molecule has 0 radical (unpaired) electrons. The summed E-state index contributed by atoms with van der Waals surface area (Å²) in [5, 5.41) is 20.0. The molecule has 2 unspecified atom stereocenters. The van der Waals surface area contributed by atoms with Crippen molar-refractivity contribution in [3.05, 3.63) is 149 Å². The van der Waals surface area contributed by atoms with Crippen LogP contribution in [0.2, 0.25) is 0 Å². The van der Waals surface area contributed by atoms with Gasteiger partial charge in [0.1, 0.15) is 28.7 Å². The summed E-state index contributed by atoms with van der Waals surface area (Å²) in [6.07, 6.45) is 37.7. The Morgan fingerprint density at radius 1 is 0.444 bits per heavy atom. The highest BCUT2D eigenvalue weighted by molar-refractivity contribution is 5.73. The lowest BCUT2D eigenvalue weighted by Gasteiger charge is -2.36. The number of nitrogens with two attached hydrogens (primary N) is 1. The number of hydrogen-bond acceptors (Lipinski definition) is 9. The van der Waals surface area contributed by atoms with Crippen LogP contribution in [0.25, 0.3) is 0 Å². The summed E-state index contributed by atoms with van der Waals surface area (Å²) >= 11 is 0. The van der Waals surface area contributed by atoms with E-state index in [0.29, 0.717) is 12.3 Å². The van der Waals surface area contributed by atoms with E-state index in [4.69, 9.17) is 34.2 Å². The van der Waals surface area contributed by atoms with Gasteiger partial charge in [-0.15, -0.1) is 0 Å². The zero-order chi connectivity index (χ0) is 64.5. The first-order valence-electron chi connectivity index (χ1n) is 35.7. The standard InChI is InChI=1S/C19H30O.C17H26O2.C15H22O2.C15H24O2.C14H21NO2/c1-2-15-20-19-12-8-11-18(16-19)14-13-17-9-6-4-3-5-7-10-17;1-2-12-19-16-8-5-6-14(13-16)10-11-15-7-3-4-9-17(15)18;1-2-11-17-14-6-3-5-13(12-14)7-10-15(16)8-4-9-15;1-3-11-17-15-10-7-9-14(13-15)8-5-4-6-12-16-2;1-2-10-17-13-8-5-7-12(11-13)6-3-4-9-14(15)16/h8,11-12,16-17H,2-7,9-10,13-15H2,1H3;5-6,8,13,15,17-18H,2-4,7,9-12H2,1H3;3,5-6,12,16H,2,4,7-11H2,1H3;7,9-10,13H,3-6,8,11-12H2,1-2H3;5,7-8,11H,2-4,6,9-10H2,1H3,(H2,15,16). The molecule has 1 amide bonds. The maximum atomic E-state index is 10.6. The lowest BCUT2D eigenvalue weighted by atomic mass is 9.76. The average molecular weight is 1240 g/mol. The summed E-state index contributed by atoms with van der Waals surface area (Å²) in [5.74, 6) is 6.13. The molecule has 0 spiro atoms. The molecule has 10 nitrogen and oxygen atoms in total. The van der Waals surface area contributed by atoms with Crippen LogP contribution in [0, 0.1) is 11.8 Å². The molecular formula is C80H123NO9. The molecule has 0 aliphatic heterocycles. The van der Waals surface area contributed by atoms with E-state index < -0.39 is 0 Å². The molecule has 2 atom stereocenters. The van der Waals surface area contributed by atoms with E-state index >= 15 is 0 Å². The third-order valence-corrected chi connectivity index (χ3v) is 17.2. The number of carbonyl (C=O) groups is 1. The van der Waals surface area contributed by atoms with Crippen LogP contribution in [0.5, 0.6) is 28.7 Å². The molecule has 502 valence electrons. The van der Waals surface area contributed by atoms with E-state index in [1.54, 1.807) is 7.11 Å². The molecule has 8 rings (SSSR count). The van der Waals surface area contributed by atoms with Gasteiger partial charge in [-0.3, -0.25) is 4.79 Å². The number of aliphatic hydroxyl groups is 2. The van der Waals surface area contributed by atoms with Crippen molar-refractivity contribution in [1.82, 2.24) is 0 Å². The number of benzene rings is 5. The molecule has 3 fully saturated rings. The van der Waals surface area contributed by atoms with Crippen LogP contribution in [0.4, 0.5) is 0 Å². The van der Waals surface area contributed by atoms with Crippen LogP contribution in [0.1, 0.15) is 242 Å². The Hall–Kier alpha value is -5.55. The Bertz CT molecular complexity index is 2550. The Morgan fingerprint density at radius 3 is 1.21 bits per heavy atom. The Morgan fingerprint density at radius 2 is 0.822 bits per heavy atom. The second kappa shape index (κ2) is 49.1. The van der Waals surface area contributed by atoms with Gasteiger partial charge in [0, 0.05) is 20.1 Å². The van der Waals surface area contributed by atoms with E-state index in [1.165, 1.54) is 124 Å². The van der Waals surface area contributed by atoms with Crippen molar-refractivity contribution < 1.29 is 43.4 Å². The van der Waals surface area contributed by atoms with Gasteiger partial charge in [0.25, 0.3) is 0 Å². The molecule has 5 aromatic carbocycles. The van der Waals surface area contributed by atoms with Gasteiger partial charge in [0.05, 0.1) is 44.7 Å². The monoisotopic (exact) mass is 1240 g/mol. The number of amides is 1. The van der Waals surface area contributed by atoms with Crippen molar-refractivity contribution >= 4 is 5.91 Å². The van der Waals surface area contributed by atoms with Crippen LogP contribution in [0.3, 0.4) is 0 Å². The van der Waals surface area contributed by atoms with Gasteiger partial charge in [-0.25, -0.2) is 0 Å². The fourth-order valence-electron chi connectivity index (χ4n) is 11.7. The van der Waals surface area contributed by atoms with Crippen LogP contribution < -0.4 is 29.4 Å². The summed E-state index contributed by atoms with van der Waals surface area (Å²) in [4.78, 5) is 10.6. The summed E-state index contributed by atoms with van der Waals surface area (Å²) in [6.45, 7) is 15.4. The number of methoxy groups -OCH3 is 1. The number of aryl methyl sites for hydroxylation is 5. The molecule has 90 heavy (non-hydrogen) atoms. The van der Waals surface area contributed by atoms with Gasteiger partial charge in [0.15, 0.2) is 0 Å². The van der Waals surface area contributed by atoms with Gasteiger partial charge in [0.2, 0.25) is 5.91 Å². The average Bonchev–Trinajstić information content (AvgIpc) is 2.51. The van der Waals surface area contributed by atoms with E-state index in [2.05, 4.69) is 120 Å². The van der Waals surface area contributed by atoms with Crippen molar-refractivity contribution in [1.29, 1.82) is 0 Å². The first-order valence-corrected chi connectivity index (χ1v) is 35.7. The fourth-order valence-corrected chi connectivity index (χ4v) is 11.7. The zero-order valence-electron chi connectivity index (χ0n) is 57.2. The lowest BCUT2D eigenvalue weighted by molar-refractivity contribution is -0.118. The molecule has 10 heteroatoms. The van der Waals surface area contributed by atoms with Gasteiger partial charge in [-0.2, -0.15) is 0 Å². The minimum Gasteiger partial charge on any atom is -0.494 e. The van der Waals surface area contributed by atoms with Crippen LogP contribution >= 0.6 is 0 Å². The summed E-state index contributed by atoms with van der Waals surface area (Å²) in [6, 6.07) is 41.9. The molecule has 4 N–H and O–H groups in total. The minimum atomic E-state index is -0.375. The minimum absolute atomic E-state index is 0.0757. The van der Waals surface area contributed by atoms with Gasteiger partial charge in [-0.05, 0) is 242 Å². The van der Waals surface area contributed by atoms with Gasteiger partial charge >= 0.3 is 0 Å². The predicted molar refractivity (Wildman–Crippen MR) is 375 cm³/mol. The smallest absolute Gasteiger partial charge is 0.217 e. The zero-order valence-corrected chi connectivity index (χ0v) is 57.2. The van der Waals surface area contributed by atoms with Gasteiger partial charge < -0.3 is 44.4 Å². The maximum Gasteiger partial charge on any atom is 0.217 e. The number of carbonyl (C=O) groups excluding carboxylic acids is 1. The van der Waals surface area contributed by atoms with E-state index in [-0.39, 0.29) is 17.6 Å². The molecule has 0 bridgehead atoms. The van der Waals surface area contributed by atoms with Crippen molar-refractivity contribution in [2.24, 2.45) is 17.6 Å². The van der Waals surface area contributed by atoms with E-state index in [9.17, 15) is 15.0 Å². The Kier molecular flexibility index (Phi) is 42.0.